The zero-order chi connectivity index (χ0) is 27.4. The van der Waals surface area contributed by atoms with Crippen molar-refractivity contribution in [1.29, 1.82) is 0 Å². The van der Waals surface area contributed by atoms with Crippen molar-refractivity contribution in [2.75, 3.05) is 19.6 Å². The number of Topliss-reactive ketones (excluding diaryl/α,β-unsaturated/α-hetero) is 1. The van der Waals surface area contributed by atoms with Crippen LogP contribution in [0.1, 0.15) is 57.8 Å². The van der Waals surface area contributed by atoms with Crippen molar-refractivity contribution >= 4 is 23.6 Å². The van der Waals surface area contributed by atoms with Crippen LogP contribution in [0.25, 0.3) is 0 Å². The molecule has 5 atom stereocenters. The van der Waals surface area contributed by atoms with Gasteiger partial charge in [-0.1, -0.05) is 19.3 Å². The fourth-order valence-corrected chi connectivity index (χ4v) is 5.76. The van der Waals surface area contributed by atoms with Gasteiger partial charge in [0.2, 0.25) is 17.6 Å². The van der Waals surface area contributed by atoms with E-state index in [9.17, 15) is 36.3 Å². The Labute approximate surface area is 211 Å². The van der Waals surface area contributed by atoms with Crippen molar-refractivity contribution < 1.29 is 36.3 Å². The summed E-state index contributed by atoms with van der Waals surface area (Å²) >= 11 is 0. The Hall–Kier alpha value is -2.51. The Morgan fingerprint density at radius 1 is 1.03 bits per heavy atom. The molecule has 2 aliphatic heterocycles. The molecule has 14 heteroatoms. The molecule has 0 aromatic heterocycles. The number of rotatable bonds is 9. The van der Waals surface area contributed by atoms with Gasteiger partial charge in [-0.2, -0.15) is 22.0 Å². The largest absolute Gasteiger partial charge is 0.461 e. The average molecular weight is 539 g/mol. The zero-order valence-electron chi connectivity index (χ0n) is 20.5. The van der Waals surface area contributed by atoms with E-state index in [4.69, 9.17) is 11.5 Å². The molecule has 6 N–H and O–H groups in total. The number of aliphatic imine (C=N–C) groups is 1. The van der Waals surface area contributed by atoms with Crippen LogP contribution in [0.5, 0.6) is 0 Å². The molecule has 4 unspecified atom stereocenters. The predicted octanol–water partition coefficient (Wildman–Crippen LogP) is 1.45. The second-order valence-corrected chi connectivity index (χ2v) is 10.1. The summed E-state index contributed by atoms with van der Waals surface area (Å²) in [5.41, 5.74) is 10.4. The summed E-state index contributed by atoms with van der Waals surface area (Å²) in [5.74, 6) is -9.10. The number of carbonyl (C=O) groups excluding carboxylic acids is 3. The number of alkyl halides is 5. The molecule has 2 amide bonds. The van der Waals surface area contributed by atoms with E-state index in [1.807, 2.05) is 0 Å². The van der Waals surface area contributed by atoms with Gasteiger partial charge < -0.3 is 27.0 Å². The van der Waals surface area contributed by atoms with E-state index >= 15 is 0 Å². The lowest BCUT2D eigenvalue weighted by Crippen LogP contribution is -2.60. The van der Waals surface area contributed by atoms with Crippen molar-refractivity contribution in [1.82, 2.24) is 15.5 Å². The number of likely N-dealkylation sites (tertiary alicyclic amines) is 1. The number of piperidine rings is 1. The lowest BCUT2D eigenvalue weighted by molar-refractivity contribution is -0.269. The van der Waals surface area contributed by atoms with Crippen LogP contribution in [-0.4, -0.2) is 78.3 Å². The molecule has 0 radical (unpaired) electrons. The Balaban J connectivity index is 1.73. The minimum absolute atomic E-state index is 0.134. The third-order valence-corrected chi connectivity index (χ3v) is 7.62. The first-order valence-electron chi connectivity index (χ1n) is 12.7. The number of nitrogens with zero attached hydrogens (tertiary/aromatic N) is 2. The van der Waals surface area contributed by atoms with Crippen molar-refractivity contribution in [3.8, 4) is 0 Å². The van der Waals surface area contributed by atoms with Gasteiger partial charge in [0, 0.05) is 13.1 Å². The second kappa shape index (κ2) is 11.9. The molecule has 210 valence electrons. The van der Waals surface area contributed by atoms with Gasteiger partial charge in [0.25, 0.3) is 0 Å². The molecular weight excluding hydrogens is 503 g/mol. The van der Waals surface area contributed by atoms with Crippen LogP contribution in [0.2, 0.25) is 0 Å². The van der Waals surface area contributed by atoms with Gasteiger partial charge in [-0.15, -0.1) is 0 Å². The number of ketones is 1. The van der Waals surface area contributed by atoms with Crippen LogP contribution >= 0.6 is 0 Å². The Kier molecular flexibility index (Phi) is 9.35. The first-order valence-corrected chi connectivity index (χ1v) is 12.7. The average Bonchev–Trinajstić information content (AvgIpc) is 3.34. The van der Waals surface area contributed by atoms with Crippen molar-refractivity contribution in [3.05, 3.63) is 0 Å². The maximum absolute atomic E-state index is 13.9. The third-order valence-electron chi connectivity index (χ3n) is 7.62. The first-order chi connectivity index (χ1) is 17.3. The summed E-state index contributed by atoms with van der Waals surface area (Å²) in [7, 11) is 0. The number of carbonyl (C=O) groups is 3. The number of hydrogen-bond acceptors (Lipinski definition) is 5. The summed E-state index contributed by atoms with van der Waals surface area (Å²) in [5, 5.41) is 5.33. The maximum Gasteiger partial charge on any atom is 0.461 e. The molecule has 37 heavy (non-hydrogen) atoms. The molecule has 2 heterocycles. The highest BCUT2D eigenvalue weighted by Gasteiger charge is 2.64. The lowest BCUT2D eigenvalue weighted by atomic mass is 9.71. The highest BCUT2D eigenvalue weighted by Crippen LogP contribution is 2.39. The molecule has 1 saturated carbocycles. The molecule has 9 nitrogen and oxygen atoms in total. The first kappa shape index (κ1) is 29.1. The van der Waals surface area contributed by atoms with Gasteiger partial charge in [-0.05, 0) is 56.9 Å². The topological polar surface area (TPSA) is 143 Å². The second-order valence-electron chi connectivity index (χ2n) is 10.1. The van der Waals surface area contributed by atoms with E-state index in [-0.39, 0.29) is 43.7 Å². The molecule has 3 fully saturated rings. The van der Waals surface area contributed by atoms with Crippen LogP contribution in [0.15, 0.2) is 4.99 Å². The lowest BCUT2D eigenvalue weighted by Gasteiger charge is -2.43. The Bertz CT molecular complexity index is 877. The SMILES string of the molecule is NC(N)=NCCCC(NC(=O)[C@H]1CCCN1C(=O)C1NCCC2CCCCC21)C(=O)C(F)(F)C(F)(F)F. The van der Waals surface area contributed by atoms with Gasteiger partial charge in [0.15, 0.2) is 5.96 Å². The summed E-state index contributed by atoms with van der Waals surface area (Å²) in [6, 6.07) is -3.67. The van der Waals surface area contributed by atoms with Crippen LogP contribution in [0.3, 0.4) is 0 Å². The smallest absolute Gasteiger partial charge is 0.370 e. The van der Waals surface area contributed by atoms with Gasteiger partial charge in [0.1, 0.15) is 6.04 Å². The summed E-state index contributed by atoms with van der Waals surface area (Å²) < 4.78 is 66.4. The minimum atomic E-state index is -6.12. The minimum Gasteiger partial charge on any atom is -0.370 e. The van der Waals surface area contributed by atoms with E-state index in [0.717, 1.165) is 32.1 Å². The van der Waals surface area contributed by atoms with Gasteiger partial charge in [-0.3, -0.25) is 19.4 Å². The van der Waals surface area contributed by atoms with E-state index < -0.39 is 48.3 Å². The molecule has 0 aromatic carbocycles. The quantitative estimate of drug-likeness (QED) is 0.152. The Morgan fingerprint density at radius 3 is 2.41 bits per heavy atom. The normalized spacial score (nSPS) is 27.2. The molecule has 0 bridgehead atoms. The fourth-order valence-electron chi connectivity index (χ4n) is 5.76. The van der Waals surface area contributed by atoms with Gasteiger partial charge in [-0.25, -0.2) is 0 Å². The van der Waals surface area contributed by atoms with Crippen LogP contribution < -0.4 is 22.1 Å². The molecule has 2 saturated heterocycles. The monoisotopic (exact) mass is 538 g/mol. The molecule has 3 aliphatic rings. The van der Waals surface area contributed by atoms with Crippen molar-refractivity contribution in [3.63, 3.8) is 0 Å². The molecule has 1 aliphatic carbocycles. The maximum atomic E-state index is 13.9. The zero-order valence-corrected chi connectivity index (χ0v) is 20.5. The molecule has 3 rings (SSSR count). The van der Waals surface area contributed by atoms with Crippen molar-refractivity contribution in [2.45, 2.75) is 88.0 Å². The van der Waals surface area contributed by atoms with Gasteiger partial charge in [0.05, 0.1) is 12.1 Å². The Morgan fingerprint density at radius 2 is 1.73 bits per heavy atom. The highest BCUT2D eigenvalue weighted by molar-refractivity contribution is 5.97. The predicted molar refractivity (Wildman–Crippen MR) is 124 cm³/mol. The number of nitrogens with one attached hydrogen (secondary N) is 2. The highest BCUT2D eigenvalue weighted by atomic mass is 19.4. The summed E-state index contributed by atoms with van der Waals surface area (Å²) in [4.78, 5) is 43.8. The summed E-state index contributed by atoms with van der Waals surface area (Å²) in [6.07, 6.45) is -1.11. The summed E-state index contributed by atoms with van der Waals surface area (Å²) in [6.45, 7) is 0.791. The van der Waals surface area contributed by atoms with E-state index in [2.05, 4.69) is 15.6 Å². The molecule has 0 spiro atoms. The van der Waals surface area contributed by atoms with Crippen molar-refractivity contribution in [2.24, 2.45) is 28.3 Å². The van der Waals surface area contributed by atoms with Crippen LogP contribution in [0, 0.1) is 11.8 Å². The number of fused-ring (bicyclic) bond motifs is 1. The molecular formula is C23H35F5N6O3. The third kappa shape index (κ3) is 6.68. The van der Waals surface area contributed by atoms with Gasteiger partial charge >= 0.3 is 12.1 Å². The van der Waals surface area contributed by atoms with Crippen LogP contribution in [0.4, 0.5) is 22.0 Å². The number of amides is 2. The van der Waals surface area contributed by atoms with E-state index in [0.29, 0.717) is 18.9 Å². The van der Waals surface area contributed by atoms with Crippen LogP contribution in [-0.2, 0) is 14.4 Å². The number of guanidine groups is 1. The molecule has 0 aromatic rings. The standard InChI is InChI=1S/C23H35F5N6O3/c24-22(25,23(26,27)28)18(35)15(7-3-10-32-21(29)30)33-19(36)16-8-4-12-34(16)20(37)17-14-6-2-1-5-13(14)9-11-31-17/h13-17,31H,1-12H2,(H,33,36)(H4,29,30,32)/t13?,14?,15?,16-,17?/m1/s1. The number of hydrogen-bond donors (Lipinski definition) is 4. The fraction of sp³-hybridized carbons (Fsp3) is 0.826. The van der Waals surface area contributed by atoms with E-state index in [1.165, 1.54) is 4.90 Å². The van der Waals surface area contributed by atoms with E-state index in [1.54, 1.807) is 0 Å². The number of nitrogens with two attached hydrogens (primary N) is 2. The number of halogens is 5.